The Bertz CT molecular complexity index is 584. The summed E-state index contributed by atoms with van der Waals surface area (Å²) in [7, 11) is 1.91. The number of benzene rings is 1. The number of hydrogen-bond acceptors (Lipinski definition) is 3. The molecule has 1 aromatic heterocycles. The SMILES string of the molecule is CNCc1cc(Br)cnc1Oc1cc(C)ccc1C. The topological polar surface area (TPSA) is 34.2 Å². The van der Waals surface area contributed by atoms with Gasteiger partial charge in [-0.1, -0.05) is 12.1 Å². The van der Waals surface area contributed by atoms with Gasteiger partial charge in [-0.15, -0.1) is 0 Å². The van der Waals surface area contributed by atoms with E-state index in [0.717, 1.165) is 21.3 Å². The number of rotatable bonds is 4. The van der Waals surface area contributed by atoms with Crippen molar-refractivity contribution in [2.24, 2.45) is 0 Å². The summed E-state index contributed by atoms with van der Waals surface area (Å²) in [6, 6.07) is 8.18. The minimum atomic E-state index is 0.645. The molecule has 4 heteroatoms. The fourth-order valence-electron chi connectivity index (χ4n) is 1.80. The molecule has 2 aromatic rings. The number of hydrogen-bond donors (Lipinski definition) is 1. The third kappa shape index (κ3) is 3.55. The average Bonchev–Trinajstić information content (AvgIpc) is 2.37. The van der Waals surface area contributed by atoms with Crippen molar-refractivity contribution in [2.45, 2.75) is 20.4 Å². The quantitative estimate of drug-likeness (QED) is 0.925. The molecule has 2 rings (SSSR count). The predicted octanol–water partition coefficient (Wildman–Crippen LogP) is 3.97. The van der Waals surface area contributed by atoms with Crippen LogP contribution in [0.5, 0.6) is 11.6 Å². The van der Waals surface area contributed by atoms with E-state index in [4.69, 9.17) is 4.74 Å². The van der Waals surface area contributed by atoms with Crippen LogP contribution in [0.4, 0.5) is 0 Å². The molecule has 1 aromatic carbocycles. The molecule has 19 heavy (non-hydrogen) atoms. The van der Waals surface area contributed by atoms with Crippen LogP contribution in [0.2, 0.25) is 0 Å². The summed E-state index contributed by atoms with van der Waals surface area (Å²) in [5.41, 5.74) is 3.30. The Balaban J connectivity index is 2.34. The van der Waals surface area contributed by atoms with E-state index in [2.05, 4.69) is 45.3 Å². The standard InChI is InChI=1S/C15H17BrN2O/c1-10-4-5-11(2)14(6-10)19-15-12(8-17-3)7-13(16)9-18-15/h4-7,9,17H,8H2,1-3H3. The molecule has 0 fully saturated rings. The molecule has 1 heterocycles. The van der Waals surface area contributed by atoms with Crippen molar-refractivity contribution in [2.75, 3.05) is 7.05 Å². The Labute approximate surface area is 122 Å². The van der Waals surface area contributed by atoms with E-state index < -0.39 is 0 Å². The lowest BCUT2D eigenvalue weighted by molar-refractivity contribution is 0.450. The second-order valence-electron chi connectivity index (χ2n) is 4.52. The Morgan fingerprint density at radius 2 is 2.05 bits per heavy atom. The Kier molecular flexibility index (Phi) is 4.56. The van der Waals surface area contributed by atoms with E-state index >= 15 is 0 Å². The maximum atomic E-state index is 5.96. The van der Waals surface area contributed by atoms with Crippen molar-refractivity contribution in [3.8, 4) is 11.6 Å². The second kappa shape index (κ2) is 6.17. The first-order valence-corrected chi connectivity index (χ1v) is 6.93. The van der Waals surface area contributed by atoms with Crippen LogP contribution in [-0.4, -0.2) is 12.0 Å². The van der Waals surface area contributed by atoms with Crippen molar-refractivity contribution >= 4 is 15.9 Å². The van der Waals surface area contributed by atoms with Gasteiger partial charge < -0.3 is 10.1 Å². The number of aryl methyl sites for hydroxylation is 2. The van der Waals surface area contributed by atoms with Crippen molar-refractivity contribution in [3.05, 3.63) is 51.6 Å². The molecule has 1 N–H and O–H groups in total. The van der Waals surface area contributed by atoms with E-state index in [1.54, 1.807) is 6.20 Å². The smallest absolute Gasteiger partial charge is 0.223 e. The van der Waals surface area contributed by atoms with Gasteiger partial charge in [-0.3, -0.25) is 0 Å². The van der Waals surface area contributed by atoms with Gasteiger partial charge in [-0.2, -0.15) is 0 Å². The van der Waals surface area contributed by atoms with E-state index in [1.165, 1.54) is 5.56 Å². The highest BCUT2D eigenvalue weighted by Gasteiger charge is 2.09. The maximum absolute atomic E-state index is 5.96. The zero-order valence-corrected chi connectivity index (χ0v) is 12.9. The monoisotopic (exact) mass is 320 g/mol. The first kappa shape index (κ1) is 14.0. The summed E-state index contributed by atoms with van der Waals surface area (Å²) in [4.78, 5) is 4.35. The van der Waals surface area contributed by atoms with Crippen molar-refractivity contribution in [3.63, 3.8) is 0 Å². The number of halogens is 1. The summed E-state index contributed by atoms with van der Waals surface area (Å²) < 4.78 is 6.91. The van der Waals surface area contributed by atoms with Gasteiger partial charge in [0.15, 0.2) is 0 Å². The van der Waals surface area contributed by atoms with Gasteiger partial charge in [-0.05, 0) is 60.1 Å². The van der Waals surface area contributed by atoms with Crippen molar-refractivity contribution in [1.29, 1.82) is 0 Å². The van der Waals surface area contributed by atoms with E-state index in [0.29, 0.717) is 12.4 Å². The molecule has 0 saturated carbocycles. The lowest BCUT2D eigenvalue weighted by atomic mass is 10.1. The molecule has 0 spiro atoms. The van der Waals surface area contributed by atoms with Crippen LogP contribution in [0.3, 0.4) is 0 Å². The molecule has 0 aliphatic rings. The van der Waals surface area contributed by atoms with Gasteiger partial charge >= 0.3 is 0 Å². The van der Waals surface area contributed by atoms with Crippen LogP contribution in [-0.2, 0) is 6.54 Å². The van der Waals surface area contributed by atoms with E-state index in [-0.39, 0.29) is 0 Å². The molecular formula is C15H17BrN2O. The normalized spacial score (nSPS) is 10.5. The summed E-state index contributed by atoms with van der Waals surface area (Å²) in [5.74, 6) is 1.50. The summed E-state index contributed by atoms with van der Waals surface area (Å²) in [5, 5.41) is 3.12. The second-order valence-corrected chi connectivity index (χ2v) is 5.43. The molecule has 0 unspecified atom stereocenters. The Morgan fingerprint density at radius 3 is 2.79 bits per heavy atom. The van der Waals surface area contributed by atoms with Crippen molar-refractivity contribution < 1.29 is 4.74 Å². The summed E-state index contributed by atoms with van der Waals surface area (Å²) in [6.07, 6.45) is 1.75. The van der Waals surface area contributed by atoms with Crippen LogP contribution in [0.15, 0.2) is 34.9 Å². The van der Waals surface area contributed by atoms with Gasteiger partial charge in [0.1, 0.15) is 5.75 Å². The van der Waals surface area contributed by atoms with Crippen LogP contribution >= 0.6 is 15.9 Å². The zero-order valence-electron chi connectivity index (χ0n) is 11.3. The summed E-state index contributed by atoms with van der Waals surface area (Å²) >= 11 is 3.43. The zero-order chi connectivity index (χ0) is 13.8. The van der Waals surface area contributed by atoms with Gasteiger partial charge in [0.05, 0.1) is 0 Å². The highest BCUT2D eigenvalue weighted by molar-refractivity contribution is 9.10. The van der Waals surface area contributed by atoms with E-state index in [9.17, 15) is 0 Å². The highest BCUT2D eigenvalue weighted by Crippen LogP contribution is 2.28. The fraction of sp³-hybridized carbons (Fsp3) is 0.267. The van der Waals surface area contributed by atoms with Crippen LogP contribution in [0.1, 0.15) is 16.7 Å². The number of aromatic nitrogens is 1. The Morgan fingerprint density at radius 1 is 1.26 bits per heavy atom. The molecule has 0 aliphatic heterocycles. The van der Waals surface area contributed by atoms with Crippen molar-refractivity contribution in [1.82, 2.24) is 10.3 Å². The molecule has 0 radical (unpaired) electrons. The molecule has 100 valence electrons. The predicted molar refractivity (Wildman–Crippen MR) is 80.7 cm³/mol. The van der Waals surface area contributed by atoms with Crippen LogP contribution in [0, 0.1) is 13.8 Å². The minimum absolute atomic E-state index is 0.645. The first-order valence-electron chi connectivity index (χ1n) is 6.14. The lowest BCUT2D eigenvalue weighted by Gasteiger charge is -2.12. The third-order valence-corrected chi connectivity index (χ3v) is 3.24. The molecule has 0 saturated heterocycles. The maximum Gasteiger partial charge on any atom is 0.223 e. The molecule has 0 aliphatic carbocycles. The minimum Gasteiger partial charge on any atom is -0.438 e. The average molecular weight is 321 g/mol. The molecule has 0 amide bonds. The van der Waals surface area contributed by atoms with Gasteiger partial charge in [-0.25, -0.2) is 4.98 Å². The van der Waals surface area contributed by atoms with Crippen LogP contribution in [0.25, 0.3) is 0 Å². The van der Waals surface area contributed by atoms with Gasteiger partial charge in [0, 0.05) is 22.8 Å². The number of pyridine rings is 1. The van der Waals surface area contributed by atoms with Gasteiger partial charge in [0.2, 0.25) is 5.88 Å². The number of nitrogens with one attached hydrogen (secondary N) is 1. The molecule has 0 atom stereocenters. The largest absolute Gasteiger partial charge is 0.438 e. The molecule has 0 bridgehead atoms. The number of ether oxygens (including phenoxy) is 1. The Hall–Kier alpha value is -1.39. The van der Waals surface area contributed by atoms with E-state index in [1.807, 2.05) is 26.1 Å². The lowest BCUT2D eigenvalue weighted by Crippen LogP contribution is -2.07. The third-order valence-electron chi connectivity index (χ3n) is 2.81. The summed E-state index contributed by atoms with van der Waals surface area (Å²) in [6.45, 7) is 4.80. The fourth-order valence-corrected chi connectivity index (χ4v) is 2.18. The number of nitrogens with zero attached hydrogens (tertiary/aromatic N) is 1. The first-order chi connectivity index (χ1) is 9.10. The van der Waals surface area contributed by atoms with Crippen LogP contribution < -0.4 is 10.1 Å². The molecule has 3 nitrogen and oxygen atoms in total. The molecular weight excluding hydrogens is 304 g/mol. The van der Waals surface area contributed by atoms with Gasteiger partial charge in [0.25, 0.3) is 0 Å². The highest BCUT2D eigenvalue weighted by atomic mass is 79.9.